The molecule has 0 amide bonds. The second kappa shape index (κ2) is 7.89. The van der Waals surface area contributed by atoms with Gasteiger partial charge in [-0.3, -0.25) is 0 Å². The van der Waals surface area contributed by atoms with Crippen LogP contribution in [0.15, 0.2) is 0 Å². The van der Waals surface area contributed by atoms with Gasteiger partial charge in [-0.05, 0) is 31.7 Å². The van der Waals surface area contributed by atoms with Crippen molar-refractivity contribution in [3.63, 3.8) is 0 Å². The van der Waals surface area contributed by atoms with E-state index in [-0.39, 0.29) is 6.61 Å². The van der Waals surface area contributed by atoms with Crippen LogP contribution < -0.4 is 5.32 Å². The zero-order valence-electron chi connectivity index (χ0n) is 9.89. The molecular weight excluding hydrogens is 235 g/mol. The van der Waals surface area contributed by atoms with Crippen LogP contribution in [-0.2, 0) is 9.47 Å². The molecule has 0 radical (unpaired) electrons. The molecule has 1 fully saturated rings. The van der Waals surface area contributed by atoms with Crippen molar-refractivity contribution in [2.75, 3.05) is 39.5 Å². The molecule has 1 N–H and O–H groups in total. The fourth-order valence-electron chi connectivity index (χ4n) is 1.77. The number of rotatable bonds is 7. The quantitative estimate of drug-likeness (QED) is 0.706. The minimum absolute atomic E-state index is 0.0996. The summed E-state index contributed by atoms with van der Waals surface area (Å²) in [6.07, 6.45) is -1.38. The van der Waals surface area contributed by atoms with E-state index >= 15 is 0 Å². The van der Waals surface area contributed by atoms with Crippen LogP contribution in [-0.4, -0.2) is 45.7 Å². The molecule has 0 saturated carbocycles. The lowest BCUT2D eigenvalue weighted by atomic mass is 10.0. The van der Waals surface area contributed by atoms with E-state index in [1.54, 1.807) is 0 Å². The Morgan fingerprint density at radius 2 is 1.94 bits per heavy atom. The summed E-state index contributed by atoms with van der Waals surface area (Å²) in [5.41, 5.74) is 0. The second-order valence-corrected chi connectivity index (χ2v) is 4.31. The molecule has 1 aliphatic heterocycles. The molecule has 102 valence electrons. The highest BCUT2D eigenvalue weighted by molar-refractivity contribution is 4.67. The molecule has 0 aliphatic carbocycles. The van der Waals surface area contributed by atoms with E-state index in [2.05, 4.69) is 10.1 Å². The van der Waals surface area contributed by atoms with Crippen molar-refractivity contribution in [2.45, 2.75) is 25.4 Å². The van der Waals surface area contributed by atoms with E-state index < -0.39 is 12.8 Å². The SMILES string of the molecule is FC(F)(F)COCCCOCC1CCCNC1. The molecule has 1 aliphatic rings. The molecule has 6 heteroatoms. The first-order chi connectivity index (χ1) is 8.08. The topological polar surface area (TPSA) is 30.5 Å². The maximum absolute atomic E-state index is 11.7. The Morgan fingerprint density at radius 1 is 1.18 bits per heavy atom. The van der Waals surface area contributed by atoms with Crippen molar-refractivity contribution in [1.29, 1.82) is 0 Å². The van der Waals surface area contributed by atoms with E-state index in [0.29, 0.717) is 25.6 Å². The van der Waals surface area contributed by atoms with Gasteiger partial charge in [0.05, 0.1) is 6.61 Å². The van der Waals surface area contributed by atoms with Gasteiger partial charge in [-0.25, -0.2) is 0 Å². The van der Waals surface area contributed by atoms with E-state index in [1.807, 2.05) is 0 Å². The van der Waals surface area contributed by atoms with Gasteiger partial charge in [0.15, 0.2) is 0 Å². The van der Waals surface area contributed by atoms with Gasteiger partial charge < -0.3 is 14.8 Å². The molecule has 1 saturated heterocycles. The fraction of sp³-hybridized carbons (Fsp3) is 1.00. The Morgan fingerprint density at radius 3 is 2.59 bits per heavy atom. The molecule has 0 aromatic heterocycles. The molecule has 0 spiro atoms. The van der Waals surface area contributed by atoms with E-state index in [9.17, 15) is 13.2 Å². The first kappa shape index (κ1) is 14.7. The highest BCUT2D eigenvalue weighted by Gasteiger charge is 2.27. The van der Waals surface area contributed by atoms with Gasteiger partial charge in [-0.15, -0.1) is 0 Å². The van der Waals surface area contributed by atoms with Crippen LogP contribution in [0.5, 0.6) is 0 Å². The van der Waals surface area contributed by atoms with Crippen molar-refractivity contribution in [3.05, 3.63) is 0 Å². The van der Waals surface area contributed by atoms with Crippen molar-refractivity contribution < 1.29 is 22.6 Å². The van der Waals surface area contributed by atoms with E-state index in [1.165, 1.54) is 6.42 Å². The molecule has 0 bridgehead atoms. The highest BCUT2D eigenvalue weighted by Crippen LogP contribution is 2.14. The predicted molar refractivity (Wildman–Crippen MR) is 57.9 cm³/mol. The van der Waals surface area contributed by atoms with Crippen LogP contribution in [0, 0.1) is 5.92 Å². The number of hydrogen-bond acceptors (Lipinski definition) is 3. The first-order valence-electron chi connectivity index (χ1n) is 6.01. The lowest BCUT2D eigenvalue weighted by Gasteiger charge is -2.22. The van der Waals surface area contributed by atoms with Gasteiger partial charge in [0.2, 0.25) is 0 Å². The van der Waals surface area contributed by atoms with Crippen molar-refractivity contribution in [2.24, 2.45) is 5.92 Å². The molecule has 17 heavy (non-hydrogen) atoms. The fourth-order valence-corrected chi connectivity index (χ4v) is 1.77. The number of hydrogen-bond donors (Lipinski definition) is 1. The summed E-state index contributed by atoms with van der Waals surface area (Å²) >= 11 is 0. The number of alkyl halides is 3. The average molecular weight is 255 g/mol. The van der Waals surface area contributed by atoms with Crippen molar-refractivity contribution in [1.82, 2.24) is 5.32 Å². The Hall–Kier alpha value is -0.330. The maximum Gasteiger partial charge on any atom is 0.411 e. The lowest BCUT2D eigenvalue weighted by Crippen LogP contribution is -2.32. The summed E-state index contributed by atoms with van der Waals surface area (Å²) in [5, 5.41) is 3.28. The summed E-state index contributed by atoms with van der Waals surface area (Å²) in [7, 11) is 0. The molecule has 3 nitrogen and oxygen atoms in total. The largest absolute Gasteiger partial charge is 0.411 e. The van der Waals surface area contributed by atoms with Crippen LogP contribution in [0.2, 0.25) is 0 Å². The Bertz CT molecular complexity index is 194. The minimum atomic E-state index is -4.23. The molecule has 0 aromatic carbocycles. The monoisotopic (exact) mass is 255 g/mol. The van der Waals surface area contributed by atoms with E-state index in [4.69, 9.17) is 4.74 Å². The lowest BCUT2D eigenvalue weighted by molar-refractivity contribution is -0.174. The number of nitrogens with one attached hydrogen (secondary N) is 1. The van der Waals surface area contributed by atoms with Crippen LogP contribution in [0.4, 0.5) is 13.2 Å². The molecular formula is C11H20F3NO2. The Labute approximate surface area is 99.7 Å². The summed E-state index contributed by atoms with van der Waals surface area (Å²) in [5.74, 6) is 0.542. The molecule has 1 unspecified atom stereocenters. The predicted octanol–water partition coefficient (Wildman–Crippen LogP) is 1.97. The zero-order chi connectivity index (χ0) is 12.6. The molecule has 1 rings (SSSR count). The Kier molecular flexibility index (Phi) is 6.84. The van der Waals surface area contributed by atoms with Crippen LogP contribution in [0.25, 0.3) is 0 Å². The molecule has 1 heterocycles. The number of halogens is 3. The third-order valence-electron chi connectivity index (χ3n) is 2.60. The summed E-state index contributed by atoms with van der Waals surface area (Å²) in [6, 6.07) is 0. The first-order valence-corrected chi connectivity index (χ1v) is 6.01. The van der Waals surface area contributed by atoms with Crippen molar-refractivity contribution in [3.8, 4) is 0 Å². The second-order valence-electron chi connectivity index (χ2n) is 4.31. The number of ether oxygens (including phenoxy) is 2. The maximum atomic E-state index is 11.7. The van der Waals surface area contributed by atoms with Gasteiger partial charge in [0, 0.05) is 19.8 Å². The standard InChI is InChI=1S/C11H20F3NO2/c12-11(13,14)9-17-6-2-5-16-8-10-3-1-4-15-7-10/h10,15H,1-9H2. The smallest absolute Gasteiger partial charge is 0.381 e. The van der Waals surface area contributed by atoms with Gasteiger partial charge in [-0.2, -0.15) is 13.2 Å². The average Bonchev–Trinajstić information content (AvgIpc) is 2.28. The highest BCUT2D eigenvalue weighted by atomic mass is 19.4. The molecule has 1 atom stereocenters. The van der Waals surface area contributed by atoms with Gasteiger partial charge in [0.25, 0.3) is 0 Å². The third-order valence-corrected chi connectivity index (χ3v) is 2.60. The minimum Gasteiger partial charge on any atom is -0.381 e. The van der Waals surface area contributed by atoms with E-state index in [0.717, 1.165) is 19.5 Å². The van der Waals surface area contributed by atoms with Crippen molar-refractivity contribution >= 4 is 0 Å². The van der Waals surface area contributed by atoms with Gasteiger partial charge >= 0.3 is 6.18 Å². The van der Waals surface area contributed by atoms with Gasteiger partial charge in [-0.1, -0.05) is 0 Å². The third kappa shape index (κ3) is 8.40. The summed E-state index contributed by atoms with van der Waals surface area (Å²) in [4.78, 5) is 0. The molecule has 0 aromatic rings. The Balaban J connectivity index is 1.84. The van der Waals surface area contributed by atoms with Crippen LogP contribution in [0.1, 0.15) is 19.3 Å². The van der Waals surface area contributed by atoms with Crippen LogP contribution >= 0.6 is 0 Å². The summed E-state index contributed by atoms with van der Waals surface area (Å²) < 4.78 is 45.0. The van der Waals surface area contributed by atoms with Crippen LogP contribution in [0.3, 0.4) is 0 Å². The zero-order valence-corrected chi connectivity index (χ0v) is 9.89. The normalized spacial score (nSPS) is 21.7. The van der Waals surface area contributed by atoms with Gasteiger partial charge in [0.1, 0.15) is 6.61 Å². The number of piperidine rings is 1. The summed E-state index contributed by atoms with van der Waals surface area (Å²) in [6.45, 7) is 2.13.